The molecule has 8 nitrogen and oxygen atoms in total. The molecule has 0 radical (unpaired) electrons. The fourth-order valence-corrected chi connectivity index (χ4v) is 2.88. The molecule has 4 N–H and O–H groups in total. The Bertz CT molecular complexity index is 1070. The van der Waals surface area contributed by atoms with E-state index < -0.39 is 11.7 Å². The van der Waals surface area contributed by atoms with Crippen molar-refractivity contribution in [3.8, 4) is 5.75 Å². The van der Waals surface area contributed by atoms with E-state index in [0.29, 0.717) is 11.3 Å². The SMILES string of the molecule is N=C1C(c2nc3ccccc3[nH]2)=C(O)CN1NC(=O)COc1cccc(F)c1. The molecule has 1 amide bonds. The van der Waals surface area contributed by atoms with E-state index in [1.807, 2.05) is 24.3 Å². The van der Waals surface area contributed by atoms with E-state index >= 15 is 0 Å². The topological polar surface area (TPSA) is 114 Å². The summed E-state index contributed by atoms with van der Waals surface area (Å²) >= 11 is 0. The summed E-state index contributed by atoms with van der Waals surface area (Å²) in [4.78, 5) is 19.5. The predicted molar refractivity (Wildman–Crippen MR) is 100 cm³/mol. The fraction of sp³-hybridized carbons (Fsp3) is 0.105. The monoisotopic (exact) mass is 381 g/mol. The number of amidine groups is 1. The standard InChI is InChI=1S/C19H16FN5O3/c20-11-4-3-5-12(8-11)28-10-16(27)24-25-9-15(26)17(18(25)21)19-22-13-6-1-2-7-14(13)23-19/h1-8,21,26H,9-10H2,(H,22,23)(H,24,27). The zero-order valence-electron chi connectivity index (χ0n) is 14.6. The smallest absolute Gasteiger partial charge is 0.276 e. The molecule has 4 rings (SSSR count). The number of amides is 1. The van der Waals surface area contributed by atoms with Crippen molar-refractivity contribution in [2.24, 2.45) is 0 Å². The highest BCUT2D eigenvalue weighted by Gasteiger charge is 2.31. The zero-order valence-corrected chi connectivity index (χ0v) is 14.6. The number of aliphatic hydroxyl groups is 1. The number of nitrogens with zero attached hydrogens (tertiary/aromatic N) is 2. The summed E-state index contributed by atoms with van der Waals surface area (Å²) in [5.41, 5.74) is 4.18. The lowest BCUT2D eigenvalue weighted by atomic mass is 10.2. The van der Waals surface area contributed by atoms with Crippen LogP contribution in [0.1, 0.15) is 5.82 Å². The van der Waals surface area contributed by atoms with E-state index in [9.17, 15) is 14.3 Å². The molecule has 1 aliphatic rings. The molecule has 28 heavy (non-hydrogen) atoms. The van der Waals surface area contributed by atoms with E-state index in [2.05, 4.69) is 15.4 Å². The molecule has 0 fully saturated rings. The minimum Gasteiger partial charge on any atom is -0.509 e. The number of H-pyrrole nitrogens is 1. The first-order chi connectivity index (χ1) is 13.5. The average Bonchev–Trinajstić information content (AvgIpc) is 3.20. The van der Waals surface area contributed by atoms with Crippen LogP contribution in [0.25, 0.3) is 16.6 Å². The number of aromatic amines is 1. The van der Waals surface area contributed by atoms with Gasteiger partial charge in [0.1, 0.15) is 28.7 Å². The van der Waals surface area contributed by atoms with Gasteiger partial charge in [0, 0.05) is 6.07 Å². The molecule has 0 saturated heterocycles. The van der Waals surface area contributed by atoms with Crippen molar-refractivity contribution in [1.29, 1.82) is 5.41 Å². The molecule has 2 aromatic carbocycles. The molecule has 3 aromatic rings. The number of hydrogen-bond donors (Lipinski definition) is 4. The van der Waals surface area contributed by atoms with Crippen LogP contribution in [0.4, 0.5) is 4.39 Å². The quantitative estimate of drug-likeness (QED) is 0.542. The number of ether oxygens (including phenoxy) is 1. The van der Waals surface area contributed by atoms with Crippen LogP contribution in [0.2, 0.25) is 0 Å². The maximum Gasteiger partial charge on any atom is 0.276 e. The van der Waals surface area contributed by atoms with Crippen molar-refractivity contribution >= 4 is 28.3 Å². The summed E-state index contributed by atoms with van der Waals surface area (Å²) in [6, 6.07) is 12.8. The number of nitrogens with one attached hydrogen (secondary N) is 3. The van der Waals surface area contributed by atoms with E-state index in [4.69, 9.17) is 10.1 Å². The number of hydrogen-bond acceptors (Lipinski definition) is 5. The Morgan fingerprint density at radius 3 is 2.93 bits per heavy atom. The Morgan fingerprint density at radius 1 is 1.32 bits per heavy atom. The molecule has 2 heterocycles. The van der Waals surface area contributed by atoms with Gasteiger partial charge in [0.05, 0.1) is 17.6 Å². The first-order valence-electron chi connectivity index (χ1n) is 8.43. The van der Waals surface area contributed by atoms with Crippen molar-refractivity contribution in [3.05, 3.63) is 65.9 Å². The van der Waals surface area contributed by atoms with Gasteiger partial charge in [0.25, 0.3) is 5.91 Å². The second-order valence-electron chi connectivity index (χ2n) is 6.14. The highest BCUT2D eigenvalue weighted by Crippen LogP contribution is 2.26. The molecular formula is C19H16FN5O3. The maximum atomic E-state index is 13.1. The Balaban J connectivity index is 1.42. The molecule has 0 saturated carbocycles. The van der Waals surface area contributed by atoms with Crippen molar-refractivity contribution in [3.63, 3.8) is 0 Å². The van der Waals surface area contributed by atoms with Gasteiger partial charge in [0.15, 0.2) is 12.4 Å². The molecule has 142 valence electrons. The molecule has 0 bridgehead atoms. The minimum absolute atomic E-state index is 0.0725. The summed E-state index contributed by atoms with van der Waals surface area (Å²) in [7, 11) is 0. The van der Waals surface area contributed by atoms with Crippen LogP contribution in [0.3, 0.4) is 0 Å². The zero-order chi connectivity index (χ0) is 19.7. The number of hydrazine groups is 1. The lowest BCUT2D eigenvalue weighted by Gasteiger charge is -2.19. The molecular weight excluding hydrogens is 365 g/mol. The van der Waals surface area contributed by atoms with Gasteiger partial charge < -0.3 is 14.8 Å². The van der Waals surface area contributed by atoms with Crippen LogP contribution in [-0.2, 0) is 4.79 Å². The number of carbonyl (C=O) groups is 1. The van der Waals surface area contributed by atoms with E-state index in [-0.39, 0.29) is 36.1 Å². The Labute approximate surface area is 158 Å². The Morgan fingerprint density at radius 2 is 2.14 bits per heavy atom. The van der Waals surface area contributed by atoms with Crippen LogP contribution < -0.4 is 10.2 Å². The third-order valence-electron chi connectivity index (χ3n) is 4.16. The maximum absolute atomic E-state index is 13.1. The van der Waals surface area contributed by atoms with Gasteiger partial charge in [-0.3, -0.25) is 20.6 Å². The number of benzene rings is 2. The number of fused-ring (bicyclic) bond motifs is 1. The Kier molecular flexibility index (Phi) is 4.40. The predicted octanol–water partition coefficient (Wildman–Crippen LogP) is 2.37. The molecule has 0 atom stereocenters. The molecule has 0 unspecified atom stereocenters. The second kappa shape index (κ2) is 7.03. The van der Waals surface area contributed by atoms with Crippen molar-refractivity contribution < 1.29 is 19.0 Å². The third kappa shape index (κ3) is 3.37. The van der Waals surface area contributed by atoms with E-state index in [0.717, 1.165) is 11.6 Å². The first kappa shape index (κ1) is 17.5. The normalized spacial score (nSPS) is 14.0. The van der Waals surface area contributed by atoms with Crippen LogP contribution >= 0.6 is 0 Å². The summed E-state index contributed by atoms with van der Waals surface area (Å²) in [6.45, 7) is -0.440. The number of aromatic nitrogens is 2. The summed E-state index contributed by atoms with van der Waals surface area (Å²) in [5.74, 6) is -0.644. The first-order valence-corrected chi connectivity index (χ1v) is 8.43. The van der Waals surface area contributed by atoms with Gasteiger partial charge in [-0.25, -0.2) is 9.37 Å². The van der Waals surface area contributed by atoms with Crippen molar-refractivity contribution in [2.45, 2.75) is 0 Å². The van der Waals surface area contributed by atoms with Gasteiger partial charge >= 0.3 is 0 Å². The summed E-state index contributed by atoms with van der Waals surface area (Å²) < 4.78 is 18.4. The van der Waals surface area contributed by atoms with Crippen molar-refractivity contribution in [2.75, 3.05) is 13.2 Å². The lowest BCUT2D eigenvalue weighted by molar-refractivity contribution is -0.126. The van der Waals surface area contributed by atoms with Gasteiger partial charge in [0.2, 0.25) is 0 Å². The van der Waals surface area contributed by atoms with Gasteiger partial charge in [-0.1, -0.05) is 18.2 Å². The van der Waals surface area contributed by atoms with Crippen molar-refractivity contribution in [1.82, 2.24) is 20.4 Å². The summed E-state index contributed by atoms with van der Waals surface area (Å²) in [6.07, 6.45) is 0. The number of imidazole rings is 1. The van der Waals surface area contributed by atoms with Crippen LogP contribution in [0.15, 0.2) is 54.3 Å². The highest BCUT2D eigenvalue weighted by atomic mass is 19.1. The van der Waals surface area contributed by atoms with Crippen LogP contribution in [-0.4, -0.2) is 45.0 Å². The number of aliphatic hydroxyl groups excluding tert-OH is 1. The number of halogens is 1. The number of carbonyl (C=O) groups excluding carboxylic acids is 1. The third-order valence-corrected chi connectivity index (χ3v) is 4.16. The van der Waals surface area contributed by atoms with Crippen LogP contribution in [0, 0.1) is 11.2 Å². The summed E-state index contributed by atoms with van der Waals surface area (Å²) in [5, 5.41) is 19.7. The fourth-order valence-electron chi connectivity index (χ4n) is 2.88. The van der Waals surface area contributed by atoms with Gasteiger partial charge in [-0.15, -0.1) is 0 Å². The molecule has 0 aliphatic carbocycles. The molecule has 1 aromatic heterocycles. The minimum atomic E-state index is -0.548. The van der Waals surface area contributed by atoms with Crippen LogP contribution in [0.5, 0.6) is 5.75 Å². The van der Waals surface area contributed by atoms with Gasteiger partial charge in [-0.2, -0.15) is 0 Å². The molecule has 1 aliphatic heterocycles. The number of para-hydroxylation sites is 2. The highest BCUT2D eigenvalue weighted by molar-refractivity contribution is 6.23. The largest absolute Gasteiger partial charge is 0.509 e. The molecule has 9 heteroatoms. The van der Waals surface area contributed by atoms with E-state index in [1.165, 1.54) is 23.2 Å². The van der Waals surface area contributed by atoms with Gasteiger partial charge in [-0.05, 0) is 24.3 Å². The Hall–Kier alpha value is -3.88. The molecule has 0 spiro atoms. The lowest BCUT2D eigenvalue weighted by Crippen LogP contribution is -2.45. The second-order valence-corrected chi connectivity index (χ2v) is 6.14. The number of rotatable bonds is 5. The van der Waals surface area contributed by atoms with E-state index in [1.54, 1.807) is 0 Å². The average molecular weight is 381 g/mol.